The van der Waals surface area contributed by atoms with Crippen molar-refractivity contribution in [3.8, 4) is 0 Å². The molecule has 0 bridgehead atoms. The van der Waals surface area contributed by atoms with Crippen molar-refractivity contribution in [2.24, 2.45) is 17.8 Å². The smallest absolute Gasteiger partial charge is 0.308 e. The molecule has 1 unspecified atom stereocenters. The lowest BCUT2D eigenvalue weighted by molar-refractivity contribution is -0.147. The first-order valence-electron chi connectivity index (χ1n) is 10.5. The molecule has 152 valence electrons. The van der Waals surface area contributed by atoms with E-state index in [1.165, 1.54) is 0 Å². The SMILES string of the molecule is O=C(O)[C@@H]1CCCN(C(=O)C2CCCN(C(=O)CCC3CCNCC3)C2)C1. The van der Waals surface area contributed by atoms with Gasteiger partial charge in [0.2, 0.25) is 11.8 Å². The fourth-order valence-corrected chi connectivity index (χ4v) is 4.70. The molecule has 2 N–H and O–H groups in total. The maximum absolute atomic E-state index is 12.9. The third kappa shape index (κ3) is 5.43. The maximum atomic E-state index is 12.9. The first-order chi connectivity index (χ1) is 13.0. The van der Waals surface area contributed by atoms with Crippen LogP contribution in [-0.4, -0.2) is 72.0 Å². The van der Waals surface area contributed by atoms with Crippen molar-refractivity contribution < 1.29 is 19.5 Å². The highest BCUT2D eigenvalue weighted by Crippen LogP contribution is 2.25. The van der Waals surface area contributed by atoms with Crippen LogP contribution in [0.3, 0.4) is 0 Å². The van der Waals surface area contributed by atoms with Gasteiger partial charge in [0.1, 0.15) is 0 Å². The second-order valence-corrected chi connectivity index (χ2v) is 8.37. The number of nitrogens with one attached hydrogen (secondary N) is 1. The molecular weight excluding hydrogens is 346 g/mol. The quantitative estimate of drug-likeness (QED) is 0.752. The molecule has 0 spiro atoms. The third-order valence-corrected chi connectivity index (χ3v) is 6.43. The van der Waals surface area contributed by atoms with Crippen molar-refractivity contribution in [1.29, 1.82) is 0 Å². The number of piperidine rings is 3. The highest BCUT2D eigenvalue weighted by molar-refractivity contribution is 5.82. The van der Waals surface area contributed by atoms with Gasteiger partial charge >= 0.3 is 5.97 Å². The number of amides is 2. The minimum absolute atomic E-state index is 0.0387. The van der Waals surface area contributed by atoms with Crippen LogP contribution in [0.5, 0.6) is 0 Å². The second kappa shape index (κ2) is 9.53. The predicted octanol–water partition coefficient (Wildman–Crippen LogP) is 1.33. The topological polar surface area (TPSA) is 90.0 Å². The Morgan fingerprint density at radius 1 is 0.889 bits per heavy atom. The molecule has 0 radical (unpaired) electrons. The molecule has 0 aliphatic carbocycles. The van der Waals surface area contributed by atoms with E-state index in [4.69, 9.17) is 0 Å². The van der Waals surface area contributed by atoms with Crippen LogP contribution < -0.4 is 5.32 Å². The lowest BCUT2D eigenvalue weighted by Gasteiger charge is -2.37. The van der Waals surface area contributed by atoms with Gasteiger partial charge in [0.15, 0.2) is 0 Å². The molecule has 7 heteroatoms. The Balaban J connectivity index is 1.48. The zero-order valence-corrected chi connectivity index (χ0v) is 16.2. The Bertz CT molecular complexity index is 547. The number of hydrogen-bond donors (Lipinski definition) is 2. The molecule has 3 saturated heterocycles. The minimum Gasteiger partial charge on any atom is -0.481 e. The number of hydrogen-bond acceptors (Lipinski definition) is 4. The number of carbonyl (C=O) groups excluding carboxylic acids is 2. The summed E-state index contributed by atoms with van der Waals surface area (Å²) >= 11 is 0. The molecular formula is C20H33N3O4. The summed E-state index contributed by atoms with van der Waals surface area (Å²) in [5, 5.41) is 12.6. The van der Waals surface area contributed by atoms with Crippen LogP contribution in [0, 0.1) is 17.8 Å². The van der Waals surface area contributed by atoms with Crippen molar-refractivity contribution in [2.75, 3.05) is 39.3 Å². The van der Waals surface area contributed by atoms with Crippen molar-refractivity contribution in [3.63, 3.8) is 0 Å². The number of carbonyl (C=O) groups is 3. The van der Waals surface area contributed by atoms with Crippen LogP contribution >= 0.6 is 0 Å². The summed E-state index contributed by atoms with van der Waals surface area (Å²) in [6.45, 7) is 4.29. The van der Waals surface area contributed by atoms with Crippen LogP contribution in [0.4, 0.5) is 0 Å². The molecule has 0 aromatic heterocycles. The van der Waals surface area contributed by atoms with Gasteiger partial charge < -0.3 is 20.2 Å². The van der Waals surface area contributed by atoms with E-state index in [2.05, 4.69) is 5.32 Å². The van der Waals surface area contributed by atoms with Gasteiger partial charge in [-0.05, 0) is 64.0 Å². The van der Waals surface area contributed by atoms with E-state index >= 15 is 0 Å². The molecule has 0 aromatic rings. The van der Waals surface area contributed by atoms with Crippen LogP contribution in [0.1, 0.15) is 51.4 Å². The normalized spacial score (nSPS) is 27.4. The zero-order chi connectivity index (χ0) is 19.2. The monoisotopic (exact) mass is 379 g/mol. The molecule has 2 atom stereocenters. The van der Waals surface area contributed by atoms with Gasteiger partial charge in [-0.3, -0.25) is 14.4 Å². The van der Waals surface area contributed by atoms with Gasteiger partial charge in [0.05, 0.1) is 11.8 Å². The molecule has 3 rings (SSSR count). The van der Waals surface area contributed by atoms with E-state index in [0.717, 1.165) is 58.2 Å². The minimum atomic E-state index is -0.814. The van der Waals surface area contributed by atoms with Gasteiger partial charge in [-0.1, -0.05) is 0 Å². The number of likely N-dealkylation sites (tertiary alicyclic amines) is 2. The molecule has 3 aliphatic heterocycles. The van der Waals surface area contributed by atoms with Gasteiger partial charge in [0, 0.05) is 32.6 Å². The van der Waals surface area contributed by atoms with Crippen LogP contribution in [-0.2, 0) is 14.4 Å². The standard InChI is InChI=1S/C20H33N3O4/c24-18(6-5-15-7-9-21-10-8-15)22-11-1-3-16(13-22)19(25)23-12-2-4-17(14-23)20(26)27/h15-17,21H,1-14H2,(H,26,27)/t16?,17-/m1/s1. The Morgan fingerprint density at radius 2 is 1.52 bits per heavy atom. The summed E-state index contributed by atoms with van der Waals surface area (Å²) < 4.78 is 0. The predicted molar refractivity (Wildman–Crippen MR) is 101 cm³/mol. The van der Waals surface area contributed by atoms with E-state index < -0.39 is 11.9 Å². The molecule has 3 fully saturated rings. The summed E-state index contributed by atoms with van der Waals surface area (Å²) in [5.41, 5.74) is 0. The van der Waals surface area contributed by atoms with Gasteiger partial charge in [0.25, 0.3) is 0 Å². The lowest BCUT2D eigenvalue weighted by atomic mass is 9.91. The second-order valence-electron chi connectivity index (χ2n) is 8.37. The fourth-order valence-electron chi connectivity index (χ4n) is 4.70. The highest BCUT2D eigenvalue weighted by Gasteiger charge is 2.34. The highest BCUT2D eigenvalue weighted by atomic mass is 16.4. The van der Waals surface area contributed by atoms with Crippen LogP contribution in [0.25, 0.3) is 0 Å². The van der Waals surface area contributed by atoms with E-state index in [9.17, 15) is 19.5 Å². The molecule has 7 nitrogen and oxygen atoms in total. The number of carboxylic acid groups (broad SMARTS) is 1. The summed E-state index contributed by atoms with van der Waals surface area (Å²) in [5.74, 6) is -0.586. The molecule has 3 heterocycles. The Kier molecular flexibility index (Phi) is 7.10. The molecule has 0 saturated carbocycles. The summed E-state index contributed by atoms with van der Waals surface area (Å²) in [4.78, 5) is 40.3. The Labute approximate surface area is 161 Å². The third-order valence-electron chi connectivity index (χ3n) is 6.43. The molecule has 2 amide bonds. The first-order valence-corrected chi connectivity index (χ1v) is 10.5. The lowest BCUT2D eigenvalue weighted by Crippen LogP contribution is -2.50. The van der Waals surface area contributed by atoms with E-state index in [-0.39, 0.29) is 17.7 Å². The maximum Gasteiger partial charge on any atom is 0.308 e. The number of rotatable bonds is 5. The average molecular weight is 380 g/mol. The van der Waals surface area contributed by atoms with Crippen molar-refractivity contribution in [2.45, 2.75) is 51.4 Å². The van der Waals surface area contributed by atoms with Crippen molar-refractivity contribution in [1.82, 2.24) is 15.1 Å². The molecule has 27 heavy (non-hydrogen) atoms. The summed E-state index contributed by atoms with van der Waals surface area (Å²) in [7, 11) is 0. The van der Waals surface area contributed by atoms with Crippen LogP contribution in [0.15, 0.2) is 0 Å². The van der Waals surface area contributed by atoms with Crippen LogP contribution in [0.2, 0.25) is 0 Å². The number of carboxylic acids is 1. The fraction of sp³-hybridized carbons (Fsp3) is 0.850. The summed E-state index contributed by atoms with van der Waals surface area (Å²) in [6, 6.07) is 0. The van der Waals surface area contributed by atoms with E-state index in [1.807, 2.05) is 4.90 Å². The van der Waals surface area contributed by atoms with Gasteiger partial charge in [-0.25, -0.2) is 0 Å². The van der Waals surface area contributed by atoms with Gasteiger partial charge in [-0.2, -0.15) is 0 Å². The number of nitrogens with zero attached hydrogens (tertiary/aromatic N) is 2. The van der Waals surface area contributed by atoms with Gasteiger partial charge in [-0.15, -0.1) is 0 Å². The first kappa shape index (κ1) is 20.1. The Hall–Kier alpha value is -1.63. The average Bonchev–Trinajstić information content (AvgIpc) is 2.72. The van der Waals surface area contributed by atoms with E-state index in [0.29, 0.717) is 38.4 Å². The molecule has 0 aromatic carbocycles. The van der Waals surface area contributed by atoms with Crippen molar-refractivity contribution in [3.05, 3.63) is 0 Å². The Morgan fingerprint density at radius 3 is 2.22 bits per heavy atom. The van der Waals surface area contributed by atoms with E-state index in [1.54, 1.807) is 4.90 Å². The number of aliphatic carboxylic acids is 1. The molecule has 3 aliphatic rings. The largest absolute Gasteiger partial charge is 0.481 e. The van der Waals surface area contributed by atoms with Crippen molar-refractivity contribution >= 4 is 17.8 Å². The zero-order valence-electron chi connectivity index (χ0n) is 16.2. The summed E-state index contributed by atoms with van der Waals surface area (Å²) in [6.07, 6.45) is 6.86.